The van der Waals surface area contributed by atoms with Crippen LogP contribution in [0.25, 0.3) is 0 Å². The third kappa shape index (κ3) is 1.52. The number of hydrogen-bond acceptors (Lipinski definition) is 1. The maximum Gasteiger partial charge on any atom is 0.000792 e. The highest BCUT2D eigenvalue weighted by molar-refractivity contribution is 4.92. The minimum Gasteiger partial charge on any atom is -0.316 e. The van der Waals surface area contributed by atoms with Crippen LogP contribution in [0.1, 0.15) is 45.4 Å². The zero-order valence-electron chi connectivity index (χ0n) is 8.23. The molecule has 1 nitrogen and oxygen atoms in total. The molecular weight excluding hydrogens is 146 g/mol. The van der Waals surface area contributed by atoms with Gasteiger partial charge in [0.05, 0.1) is 0 Å². The summed E-state index contributed by atoms with van der Waals surface area (Å²) in [5, 5.41) is 3.56. The molecule has 1 heteroatoms. The summed E-state index contributed by atoms with van der Waals surface area (Å²) >= 11 is 0. The van der Waals surface area contributed by atoms with Gasteiger partial charge in [-0.25, -0.2) is 0 Å². The standard InChI is InChI=1S/C11H21N/c1-2-10-4-6-11(8-10)5-3-7-12-9-11/h10,12H,2-9H2,1H3. The SMILES string of the molecule is CCC1CCC2(CCCNC2)C1. The van der Waals surface area contributed by atoms with E-state index in [2.05, 4.69) is 12.2 Å². The number of piperidine rings is 1. The molecule has 1 N–H and O–H groups in total. The summed E-state index contributed by atoms with van der Waals surface area (Å²) in [5.41, 5.74) is 0.735. The van der Waals surface area contributed by atoms with E-state index < -0.39 is 0 Å². The Labute approximate surface area is 75.9 Å². The van der Waals surface area contributed by atoms with Gasteiger partial charge in [0.15, 0.2) is 0 Å². The second kappa shape index (κ2) is 3.37. The van der Waals surface area contributed by atoms with E-state index in [4.69, 9.17) is 0 Å². The summed E-state index contributed by atoms with van der Waals surface area (Å²) in [6.45, 7) is 4.92. The molecule has 2 aliphatic rings. The van der Waals surface area contributed by atoms with Crippen LogP contribution >= 0.6 is 0 Å². The third-order valence-electron chi connectivity index (χ3n) is 3.94. The zero-order valence-corrected chi connectivity index (χ0v) is 8.23. The van der Waals surface area contributed by atoms with Gasteiger partial charge in [-0.3, -0.25) is 0 Å². The minimum atomic E-state index is 0.735. The normalized spacial score (nSPS) is 42.2. The molecule has 0 aromatic carbocycles. The molecule has 2 unspecified atom stereocenters. The molecule has 2 atom stereocenters. The first kappa shape index (κ1) is 8.55. The summed E-state index contributed by atoms with van der Waals surface area (Å²) in [4.78, 5) is 0. The summed E-state index contributed by atoms with van der Waals surface area (Å²) < 4.78 is 0. The fourth-order valence-corrected chi connectivity index (χ4v) is 3.09. The van der Waals surface area contributed by atoms with Crippen molar-refractivity contribution in [2.24, 2.45) is 11.3 Å². The lowest BCUT2D eigenvalue weighted by Gasteiger charge is -2.34. The largest absolute Gasteiger partial charge is 0.316 e. The Hall–Kier alpha value is -0.0400. The molecule has 0 amide bonds. The maximum absolute atomic E-state index is 3.56. The summed E-state index contributed by atoms with van der Waals surface area (Å²) in [6, 6.07) is 0. The Morgan fingerprint density at radius 1 is 1.42 bits per heavy atom. The number of rotatable bonds is 1. The molecule has 2 rings (SSSR count). The zero-order chi connectivity index (χ0) is 8.44. The van der Waals surface area contributed by atoms with Gasteiger partial charge in [-0.1, -0.05) is 13.3 Å². The average Bonchev–Trinajstić information content (AvgIpc) is 2.50. The van der Waals surface area contributed by atoms with E-state index in [0.29, 0.717) is 0 Å². The topological polar surface area (TPSA) is 12.0 Å². The van der Waals surface area contributed by atoms with Crippen molar-refractivity contribution in [3.05, 3.63) is 0 Å². The van der Waals surface area contributed by atoms with Crippen LogP contribution in [0.5, 0.6) is 0 Å². The molecule has 1 aliphatic carbocycles. The van der Waals surface area contributed by atoms with Crippen molar-refractivity contribution in [2.75, 3.05) is 13.1 Å². The van der Waals surface area contributed by atoms with Crippen LogP contribution in [-0.2, 0) is 0 Å². The maximum atomic E-state index is 3.56. The van der Waals surface area contributed by atoms with Gasteiger partial charge < -0.3 is 5.32 Å². The first-order valence-corrected chi connectivity index (χ1v) is 5.55. The lowest BCUT2D eigenvalue weighted by Crippen LogP contribution is -2.38. The van der Waals surface area contributed by atoms with Crippen molar-refractivity contribution in [3.8, 4) is 0 Å². The van der Waals surface area contributed by atoms with E-state index in [1.54, 1.807) is 0 Å². The van der Waals surface area contributed by atoms with Crippen LogP contribution < -0.4 is 5.32 Å². The third-order valence-corrected chi connectivity index (χ3v) is 3.94. The van der Waals surface area contributed by atoms with Gasteiger partial charge in [0.1, 0.15) is 0 Å². The van der Waals surface area contributed by atoms with E-state index in [9.17, 15) is 0 Å². The Kier molecular flexibility index (Phi) is 2.40. The van der Waals surface area contributed by atoms with Gasteiger partial charge >= 0.3 is 0 Å². The quantitative estimate of drug-likeness (QED) is 0.633. The Morgan fingerprint density at radius 3 is 2.92 bits per heavy atom. The van der Waals surface area contributed by atoms with E-state index in [-0.39, 0.29) is 0 Å². The van der Waals surface area contributed by atoms with Crippen molar-refractivity contribution >= 4 is 0 Å². The number of nitrogens with one attached hydrogen (secondary N) is 1. The van der Waals surface area contributed by atoms with Crippen molar-refractivity contribution in [1.29, 1.82) is 0 Å². The van der Waals surface area contributed by atoms with Crippen molar-refractivity contribution < 1.29 is 0 Å². The average molecular weight is 167 g/mol. The van der Waals surface area contributed by atoms with Crippen LogP contribution in [0.15, 0.2) is 0 Å². The van der Waals surface area contributed by atoms with Gasteiger partial charge in [0, 0.05) is 6.54 Å². The fourth-order valence-electron chi connectivity index (χ4n) is 3.09. The van der Waals surface area contributed by atoms with Crippen LogP contribution in [0.2, 0.25) is 0 Å². The molecule has 1 heterocycles. The van der Waals surface area contributed by atoms with Crippen molar-refractivity contribution in [3.63, 3.8) is 0 Å². The Bertz CT molecular complexity index is 147. The molecule has 12 heavy (non-hydrogen) atoms. The first-order valence-electron chi connectivity index (χ1n) is 5.55. The molecule has 1 aliphatic heterocycles. The molecule has 1 saturated carbocycles. The van der Waals surface area contributed by atoms with E-state index in [1.165, 1.54) is 51.6 Å². The highest BCUT2D eigenvalue weighted by Gasteiger charge is 2.38. The molecule has 1 saturated heterocycles. The first-order chi connectivity index (χ1) is 5.85. The Balaban J connectivity index is 1.94. The highest BCUT2D eigenvalue weighted by Crippen LogP contribution is 2.46. The molecule has 0 radical (unpaired) electrons. The molecule has 0 aromatic rings. The second-order valence-corrected chi connectivity index (χ2v) is 4.80. The summed E-state index contributed by atoms with van der Waals surface area (Å²) in [7, 11) is 0. The molecule has 70 valence electrons. The van der Waals surface area contributed by atoms with Gasteiger partial charge in [-0.2, -0.15) is 0 Å². The second-order valence-electron chi connectivity index (χ2n) is 4.80. The van der Waals surface area contributed by atoms with E-state index in [0.717, 1.165) is 11.3 Å². The smallest absolute Gasteiger partial charge is 0.000792 e. The minimum absolute atomic E-state index is 0.735. The van der Waals surface area contributed by atoms with Crippen LogP contribution in [-0.4, -0.2) is 13.1 Å². The molecule has 0 aromatic heterocycles. The van der Waals surface area contributed by atoms with Gasteiger partial charge in [0.2, 0.25) is 0 Å². The summed E-state index contributed by atoms with van der Waals surface area (Å²) in [6.07, 6.45) is 8.82. The molecule has 0 bridgehead atoms. The molecular formula is C11H21N. The Morgan fingerprint density at radius 2 is 2.33 bits per heavy atom. The predicted molar refractivity (Wildman–Crippen MR) is 52.2 cm³/mol. The van der Waals surface area contributed by atoms with Crippen LogP contribution in [0, 0.1) is 11.3 Å². The van der Waals surface area contributed by atoms with Crippen LogP contribution in [0.4, 0.5) is 0 Å². The lowest BCUT2D eigenvalue weighted by molar-refractivity contribution is 0.207. The van der Waals surface area contributed by atoms with Gasteiger partial charge in [-0.15, -0.1) is 0 Å². The monoisotopic (exact) mass is 167 g/mol. The van der Waals surface area contributed by atoms with Gasteiger partial charge in [0.25, 0.3) is 0 Å². The highest BCUT2D eigenvalue weighted by atomic mass is 14.9. The van der Waals surface area contributed by atoms with Gasteiger partial charge in [-0.05, 0) is 50.0 Å². The van der Waals surface area contributed by atoms with Crippen molar-refractivity contribution in [1.82, 2.24) is 5.32 Å². The van der Waals surface area contributed by atoms with E-state index in [1.807, 2.05) is 0 Å². The predicted octanol–water partition coefficient (Wildman–Crippen LogP) is 2.57. The fraction of sp³-hybridized carbons (Fsp3) is 1.00. The van der Waals surface area contributed by atoms with Crippen LogP contribution in [0.3, 0.4) is 0 Å². The van der Waals surface area contributed by atoms with E-state index >= 15 is 0 Å². The molecule has 2 fully saturated rings. The summed E-state index contributed by atoms with van der Waals surface area (Å²) in [5.74, 6) is 1.05. The lowest BCUT2D eigenvalue weighted by atomic mass is 9.78. The van der Waals surface area contributed by atoms with Crippen molar-refractivity contribution in [2.45, 2.75) is 45.4 Å². The number of hydrogen-bond donors (Lipinski definition) is 1. The molecule has 1 spiro atoms.